The van der Waals surface area contributed by atoms with Crippen LogP contribution in [0.5, 0.6) is 0 Å². The molecule has 0 aromatic heterocycles. The SMILES string of the molecule is CCN1C(=O)NC(=O)C(CC)(C(C)C)C1=O. The number of carbonyl (C=O) groups excluding carboxylic acids is 3. The van der Waals surface area contributed by atoms with E-state index in [0.29, 0.717) is 6.42 Å². The summed E-state index contributed by atoms with van der Waals surface area (Å²) >= 11 is 0. The van der Waals surface area contributed by atoms with Crippen molar-refractivity contribution in [3.63, 3.8) is 0 Å². The Morgan fingerprint density at radius 3 is 2.19 bits per heavy atom. The molecule has 1 saturated heterocycles. The standard InChI is InChI=1S/C11H18N2O3/c1-5-11(7(3)4)8(14)12-10(16)13(6-2)9(11)15/h7H,5-6H2,1-4H3,(H,12,14,16). The topological polar surface area (TPSA) is 66.5 Å². The number of hydrogen-bond acceptors (Lipinski definition) is 3. The molecule has 0 bridgehead atoms. The lowest BCUT2D eigenvalue weighted by molar-refractivity contribution is -0.155. The molecule has 0 aromatic carbocycles. The summed E-state index contributed by atoms with van der Waals surface area (Å²) < 4.78 is 0. The van der Waals surface area contributed by atoms with E-state index in [1.807, 2.05) is 13.8 Å². The third-order valence-corrected chi connectivity index (χ3v) is 3.36. The summed E-state index contributed by atoms with van der Waals surface area (Å²) in [5, 5.41) is 2.26. The molecule has 1 rings (SSSR count). The Hall–Kier alpha value is -1.39. The molecular weight excluding hydrogens is 208 g/mol. The molecule has 1 unspecified atom stereocenters. The van der Waals surface area contributed by atoms with Crippen molar-refractivity contribution in [3.8, 4) is 0 Å². The third kappa shape index (κ3) is 1.50. The number of nitrogens with one attached hydrogen (secondary N) is 1. The van der Waals surface area contributed by atoms with Crippen LogP contribution in [0, 0.1) is 11.3 Å². The van der Waals surface area contributed by atoms with Gasteiger partial charge in [0.15, 0.2) is 0 Å². The van der Waals surface area contributed by atoms with Gasteiger partial charge in [0.1, 0.15) is 5.41 Å². The van der Waals surface area contributed by atoms with E-state index in [2.05, 4.69) is 5.32 Å². The molecule has 0 spiro atoms. The van der Waals surface area contributed by atoms with Crippen molar-refractivity contribution in [3.05, 3.63) is 0 Å². The first kappa shape index (κ1) is 12.7. The third-order valence-electron chi connectivity index (χ3n) is 3.36. The molecule has 90 valence electrons. The quantitative estimate of drug-likeness (QED) is 0.734. The average Bonchev–Trinajstić information content (AvgIpc) is 2.18. The van der Waals surface area contributed by atoms with Gasteiger partial charge in [0, 0.05) is 6.54 Å². The second-order valence-corrected chi connectivity index (χ2v) is 4.29. The van der Waals surface area contributed by atoms with E-state index in [-0.39, 0.29) is 18.4 Å². The van der Waals surface area contributed by atoms with Crippen molar-refractivity contribution in [2.75, 3.05) is 6.54 Å². The summed E-state index contributed by atoms with van der Waals surface area (Å²) in [6.07, 6.45) is 0.402. The molecule has 4 amide bonds. The van der Waals surface area contributed by atoms with Gasteiger partial charge >= 0.3 is 6.03 Å². The van der Waals surface area contributed by atoms with Crippen molar-refractivity contribution in [1.82, 2.24) is 10.2 Å². The van der Waals surface area contributed by atoms with Crippen LogP contribution in [-0.4, -0.2) is 29.3 Å². The fourth-order valence-electron chi connectivity index (χ4n) is 2.22. The molecule has 1 aliphatic heterocycles. The van der Waals surface area contributed by atoms with Gasteiger partial charge in [-0.05, 0) is 19.3 Å². The predicted octanol–water partition coefficient (Wildman–Crippen LogP) is 1.14. The van der Waals surface area contributed by atoms with Crippen LogP contribution in [0.4, 0.5) is 4.79 Å². The maximum atomic E-state index is 12.2. The number of amides is 4. The molecule has 0 aliphatic carbocycles. The van der Waals surface area contributed by atoms with Gasteiger partial charge in [0.25, 0.3) is 0 Å². The molecule has 5 nitrogen and oxygen atoms in total. The smallest absolute Gasteiger partial charge is 0.277 e. The minimum Gasteiger partial charge on any atom is -0.277 e. The molecule has 1 N–H and O–H groups in total. The van der Waals surface area contributed by atoms with Gasteiger partial charge in [-0.1, -0.05) is 20.8 Å². The van der Waals surface area contributed by atoms with Crippen LogP contribution in [0.2, 0.25) is 0 Å². The molecule has 0 aromatic rings. The first-order chi connectivity index (χ1) is 7.41. The molecular formula is C11H18N2O3. The summed E-state index contributed by atoms with van der Waals surface area (Å²) in [6, 6.07) is -0.609. The van der Waals surface area contributed by atoms with E-state index < -0.39 is 17.4 Å². The Labute approximate surface area is 95.2 Å². The van der Waals surface area contributed by atoms with E-state index in [1.54, 1.807) is 13.8 Å². The van der Waals surface area contributed by atoms with E-state index in [1.165, 1.54) is 0 Å². The largest absolute Gasteiger partial charge is 0.330 e. The second-order valence-electron chi connectivity index (χ2n) is 4.29. The summed E-state index contributed by atoms with van der Waals surface area (Å²) in [5.41, 5.74) is -1.09. The fraction of sp³-hybridized carbons (Fsp3) is 0.727. The van der Waals surface area contributed by atoms with Crippen molar-refractivity contribution in [1.29, 1.82) is 0 Å². The number of urea groups is 1. The van der Waals surface area contributed by atoms with Crippen molar-refractivity contribution in [2.24, 2.45) is 11.3 Å². The predicted molar refractivity (Wildman–Crippen MR) is 58.5 cm³/mol. The van der Waals surface area contributed by atoms with Crippen molar-refractivity contribution < 1.29 is 14.4 Å². The van der Waals surface area contributed by atoms with E-state index in [9.17, 15) is 14.4 Å². The van der Waals surface area contributed by atoms with Crippen LogP contribution in [-0.2, 0) is 9.59 Å². The summed E-state index contributed by atoms with van der Waals surface area (Å²) in [6.45, 7) is 7.44. The molecule has 5 heteroatoms. The zero-order valence-corrected chi connectivity index (χ0v) is 10.2. The Bertz CT molecular complexity index is 338. The highest BCUT2D eigenvalue weighted by Crippen LogP contribution is 2.36. The lowest BCUT2D eigenvalue weighted by Crippen LogP contribution is -2.65. The molecule has 0 radical (unpaired) electrons. The van der Waals surface area contributed by atoms with Crippen LogP contribution in [0.3, 0.4) is 0 Å². The Kier molecular flexibility index (Phi) is 3.35. The highest BCUT2D eigenvalue weighted by Gasteiger charge is 2.54. The molecule has 1 heterocycles. The van der Waals surface area contributed by atoms with Gasteiger partial charge < -0.3 is 0 Å². The van der Waals surface area contributed by atoms with Gasteiger partial charge in [-0.25, -0.2) is 4.79 Å². The number of carbonyl (C=O) groups is 3. The molecule has 1 aliphatic rings. The highest BCUT2D eigenvalue weighted by molar-refractivity contribution is 6.19. The first-order valence-electron chi connectivity index (χ1n) is 5.59. The lowest BCUT2D eigenvalue weighted by atomic mass is 9.72. The monoisotopic (exact) mass is 226 g/mol. The first-order valence-corrected chi connectivity index (χ1v) is 5.59. The van der Waals surface area contributed by atoms with Crippen LogP contribution < -0.4 is 5.32 Å². The van der Waals surface area contributed by atoms with Gasteiger partial charge in [-0.3, -0.25) is 19.8 Å². The number of barbiturate groups is 1. The Morgan fingerprint density at radius 2 is 1.81 bits per heavy atom. The number of rotatable bonds is 3. The summed E-state index contributed by atoms with van der Waals surface area (Å²) in [7, 11) is 0. The maximum Gasteiger partial charge on any atom is 0.330 e. The molecule has 1 fully saturated rings. The lowest BCUT2D eigenvalue weighted by Gasteiger charge is -2.40. The summed E-state index contributed by atoms with van der Waals surface area (Å²) in [5.74, 6) is -0.974. The summed E-state index contributed by atoms with van der Waals surface area (Å²) in [4.78, 5) is 36.7. The minimum atomic E-state index is -1.09. The van der Waals surface area contributed by atoms with Crippen LogP contribution in [0.1, 0.15) is 34.1 Å². The zero-order valence-electron chi connectivity index (χ0n) is 10.2. The highest BCUT2D eigenvalue weighted by atomic mass is 16.2. The number of imide groups is 2. The minimum absolute atomic E-state index is 0.132. The van der Waals surface area contributed by atoms with Crippen LogP contribution in [0.25, 0.3) is 0 Å². The average molecular weight is 226 g/mol. The Morgan fingerprint density at radius 1 is 1.25 bits per heavy atom. The normalized spacial score (nSPS) is 26.3. The van der Waals surface area contributed by atoms with Crippen molar-refractivity contribution >= 4 is 17.8 Å². The second kappa shape index (κ2) is 4.23. The van der Waals surface area contributed by atoms with Crippen LogP contribution >= 0.6 is 0 Å². The maximum absolute atomic E-state index is 12.2. The molecule has 0 saturated carbocycles. The van der Waals surface area contributed by atoms with Gasteiger partial charge in [0.2, 0.25) is 11.8 Å². The van der Waals surface area contributed by atoms with E-state index >= 15 is 0 Å². The van der Waals surface area contributed by atoms with E-state index in [4.69, 9.17) is 0 Å². The van der Waals surface area contributed by atoms with Gasteiger partial charge in [-0.2, -0.15) is 0 Å². The van der Waals surface area contributed by atoms with Crippen LogP contribution in [0.15, 0.2) is 0 Å². The number of nitrogens with zero attached hydrogens (tertiary/aromatic N) is 1. The van der Waals surface area contributed by atoms with Crippen molar-refractivity contribution in [2.45, 2.75) is 34.1 Å². The fourth-order valence-corrected chi connectivity index (χ4v) is 2.22. The van der Waals surface area contributed by atoms with Gasteiger partial charge in [-0.15, -0.1) is 0 Å². The zero-order chi connectivity index (χ0) is 12.5. The van der Waals surface area contributed by atoms with E-state index in [0.717, 1.165) is 4.90 Å². The molecule has 16 heavy (non-hydrogen) atoms. The number of hydrogen-bond donors (Lipinski definition) is 1. The molecule has 1 atom stereocenters. The van der Waals surface area contributed by atoms with Gasteiger partial charge in [0.05, 0.1) is 0 Å². The Balaban J connectivity index is 3.22.